The smallest absolute Gasteiger partial charge is 0.253 e. The topological polar surface area (TPSA) is 35.6 Å². The summed E-state index contributed by atoms with van der Waals surface area (Å²) in [5, 5.41) is 3.37. The summed E-state index contributed by atoms with van der Waals surface area (Å²) in [5.74, 6) is 0.205. The molecule has 2 heterocycles. The molecule has 4 nitrogen and oxygen atoms in total. The average Bonchev–Trinajstić information content (AvgIpc) is 2.56. The van der Waals surface area contributed by atoms with E-state index < -0.39 is 0 Å². The number of halogens is 2. The predicted octanol–water partition coefficient (Wildman–Crippen LogP) is 2.56. The van der Waals surface area contributed by atoms with Gasteiger partial charge in [-0.3, -0.25) is 9.69 Å². The van der Waals surface area contributed by atoms with Crippen molar-refractivity contribution in [2.45, 2.75) is 25.8 Å². The lowest BCUT2D eigenvalue weighted by Crippen LogP contribution is -2.42. The number of piperidine rings is 1. The molecule has 1 N–H and O–H groups in total. The summed E-state index contributed by atoms with van der Waals surface area (Å²) in [7, 11) is 0. The van der Waals surface area contributed by atoms with Gasteiger partial charge in [-0.15, -0.1) is 24.8 Å². The number of carbonyl (C=O) groups excluding carboxylic acids is 1. The van der Waals surface area contributed by atoms with Crippen LogP contribution in [0.3, 0.4) is 0 Å². The van der Waals surface area contributed by atoms with E-state index in [9.17, 15) is 4.79 Å². The molecule has 2 aliphatic rings. The molecule has 0 aliphatic carbocycles. The van der Waals surface area contributed by atoms with E-state index >= 15 is 0 Å². The summed E-state index contributed by atoms with van der Waals surface area (Å²) in [5.41, 5.74) is 2.10. The maximum absolute atomic E-state index is 12.5. The standard InChI is InChI=1S/C17H25N3O.2ClH/c21-17(20-9-2-1-3-10-20)16-6-4-5-15(13-16)14-19-11-7-18-8-12-19;;/h4-6,13,18H,1-3,7-12,14H2;2*1H. The molecule has 0 bridgehead atoms. The fourth-order valence-corrected chi connectivity index (χ4v) is 3.21. The molecule has 0 saturated carbocycles. The molecular formula is C17H27Cl2N3O. The first-order chi connectivity index (χ1) is 10.3. The molecule has 1 amide bonds. The highest BCUT2D eigenvalue weighted by atomic mass is 35.5. The SMILES string of the molecule is Cl.Cl.O=C(c1cccc(CN2CCNCC2)c1)N1CCCCC1. The van der Waals surface area contributed by atoms with Crippen molar-refractivity contribution in [2.75, 3.05) is 39.3 Å². The van der Waals surface area contributed by atoms with Crippen LogP contribution in [0.1, 0.15) is 35.2 Å². The van der Waals surface area contributed by atoms with Crippen LogP contribution in [0.2, 0.25) is 0 Å². The van der Waals surface area contributed by atoms with Gasteiger partial charge in [0.25, 0.3) is 5.91 Å². The number of rotatable bonds is 3. The average molecular weight is 360 g/mol. The number of amides is 1. The molecule has 2 aliphatic heterocycles. The van der Waals surface area contributed by atoms with Crippen molar-refractivity contribution in [3.05, 3.63) is 35.4 Å². The first-order valence-corrected chi connectivity index (χ1v) is 8.14. The first-order valence-electron chi connectivity index (χ1n) is 8.14. The number of piperazine rings is 1. The Hall–Kier alpha value is -0.810. The summed E-state index contributed by atoms with van der Waals surface area (Å²) in [4.78, 5) is 17.0. The molecule has 23 heavy (non-hydrogen) atoms. The van der Waals surface area contributed by atoms with Crippen LogP contribution in [0.25, 0.3) is 0 Å². The highest BCUT2D eigenvalue weighted by Gasteiger charge is 2.18. The Morgan fingerprint density at radius 2 is 1.70 bits per heavy atom. The molecule has 0 radical (unpaired) electrons. The molecule has 1 aromatic carbocycles. The molecule has 6 heteroatoms. The van der Waals surface area contributed by atoms with Crippen LogP contribution in [-0.2, 0) is 6.54 Å². The number of hydrogen-bond acceptors (Lipinski definition) is 3. The second-order valence-electron chi connectivity index (χ2n) is 6.08. The zero-order valence-corrected chi connectivity index (χ0v) is 15.1. The van der Waals surface area contributed by atoms with Crippen molar-refractivity contribution in [1.82, 2.24) is 15.1 Å². The maximum atomic E-state index is 12.5. The van der Waals surface area contributed by atoms with Gasteiger partial charge in [-0.1, -0.05) is 12.1 Å². The quantitative estimate of drug-likeness (QED) is 0.900. The molecule has 0 spiro atoms. The second-order valence-corrected chi connectivity index (χ2v) is 6.08. The summed E-state index contributed by atoms with van der Waals surface area (Å²) < 4.78 is 0. The second kappa shape index (κ2) is 10.1. The van der Waals surface area contributed by atoms with E-state index in [2.05, 4.69) is 22.3 Å². The zero-order chi connectivity index (χ0) is 14.5. The number of likely N-dealkylation sites (tertiary alicyclic amines) is 1. The summed E-state index contributed by atoms with van der Waals surface area (Å²) >= 11 is 0. The third kappa shape index (κ3) is 5.64. The Morgan fingerprint density at radius 3 is 2.39 bits per heavy atom. The Bertz CT molecular complexity index is 486. The Morgan fingerprint density at radius 1 is 1.00 bits per heavy atom. The van der Waals surface area contributed by atoms with E-state index in [0.29, 0.717) is 0 Å². The van der Waals surface area contributed by atoms with Crippen LogP contribution in [-0.4, -0.2) is 55.0 Å². The molecule has 130 valence electrons. The predicted molar refractivity (Wildman–Crippen MR) is 98.8 cm³/mol. The molecule has 1 aromatic rings. The van der Waals surface area contributed by atoms with Crippen molar-refractivity contribution < 1.29 is 4.79 Å². The van der Waals surface area contributed by atoms with Crippen LogP contribution >= 0.6 is 24.8 Å². The van der Waals surface area contributed by atoms with Gasteiger partial charge in [0, 0.05) is 51.4 Å². The molecule has 0 unspecified atom stereocenters. The van der Waals surface area contributed by atoms with Gasteiger partial charge >= 0.3 is 0 Å². The number of carbonyl (C=O) groups is 1. The van der Waals surface area contributed by atoms with Gasteiger partial charge in [-0.05, 0) is 37.0 Å². The molecule has 3 rings (SSSR count). The number of benzene rings is 1. The summed E-state index contributed by atoms with van der Waals surface area (Å²) in [6, 6.07) is 8.20. The Labute approximate surface area is 151 Å². The monoisotopic (exact) mass is 359 g/mol. The first kappa shape index (κ1) is 20.2. The van der Waals surface area contributed by atoms with Crippen LogP contribution in [0.5, 0.6) is 0 Å². The zero-order valence-electron chi connectivity index (χ0n) is 13.5. The number of nitrogens with one attached hydrogen (secondary N) is 1. The Balaban J connectivity index is 0.00000132. The lowest BCUT2D eigenvalue weighted by atomic mass is 10.1. The summed E-state index contributed by atoms with van der Waals surface area (Å²) in [6.45, 7) is 7.08. The van der Waals surface area contributed by atoms with Crippen molar-refractivity contribution in [3.63, 3.8) is 0 Å². The Kier molecular flexibility index (Phi) is 8.92. The van der Waals surface area contributed by atoms with E-state index in [4.69, 9.17) is 0 Å². The minimum absolute atomic E-state index is 0. The third-order valence-electron chi connectivity index (χ3n) is 4.43. The summed E-state index contributed by atoms with van der Waals surface area (Å²) in [6.07, 6.45) is 3.55. The van der Waals surface area contributed by atoms with Gasteiger partial charge < -0.3 is 10.2 Å². The molecule has 0 aromatic heterocycles. The fraction of sp³-hybridized carbons (Fsp3) is 0.588. The maximum Gasteiger partial charge on any atom is 0.253 e. The van der Waals surface area contributed by atoms with E-state index in [1.165, 1.54) is 12.0 Å². The van der Waals surface area contributed by atoms with Gasteiger partial charge in [0.1, 0.15) is 0 Å². The van der Waals surface area contributed by atoms with Crippen molar-refractivity contribution in [3.8, 4) is 0 Å². The van der Waals surface area contributed by atoms with Gasteiger partial charge in [0.15, 0.2) is 0 Å². The highest BCUT2D eigenvalue weighted by molar-refractivity contribution is 5.94. The lowest BCUT2D eigenvalue weighted by Gasteiger charge is -2.28. The number of nitrogens with zero attached hydrogens (tertiary/aromatic N) is 2. The van der Waals surface area contributed by atoms with Crippen LogP contribution < -0.4 is 5.32 Å². The minimum atomic E-state index is 0. The van der Waals surface area contributed by atoms with Crippen molar-refractivity contribution >= 4 is 30.7 Å². The van der Waals surface area contributed by atoms with Crippen molar-refractivity contribution in [1.29, 1.82) is 0 Å². The minimum Gasteiger partial charge on any atom is -0.339 e. The lowest BCUT2D eigenvalue weighted by molar-refractivity contribution is 0.0724. The van der Waals surface area contributed by atoms with Gasteiger partial charge in [-0.25, -0.2) is 0 Å². The van der Waals surface area contributed by atoms with E-state index in [0.717, 1.165) is 64.2 Å². The van der Waals surface area contributed by atoms with E-state index in [-0.39, 0.29) is 30.7 Å². The molecule has 2 fully saturated rings. The third-order valence-corrected chi connectivity index (χ3v) is 4.43. The van der Waals surface area contributed by atoms with E-state index in [1.54, 1.807) is 0 Å². The normalized spacial score (nSPS) is 18.7. The van der Waals surface area contributed by atoms with Crippen LogP contribution in [0, 0.1) is 0 Å². The molecule has 2 saturated heterocycles. The number of hydrogen-bond donors (Lipinski definition) is 1. The largest absolute Gasteiger partial charge is 0.339 e. The molecular weight excluding hydrogens is 333 g/mol. The van der Waals surface area contributed by atoms with Crippen molar-refractivity contribution in [2.24, 2.45) is 0 Å². The fourth-order valence-electron chi connectivity index (χ4n) is 3.21. The van der Waals surface area contributed by atoms with Gasteiger partial charge in [0.2, 0.25) is 0 Å². The van der Waals surface area contributed by atoms with Gasteiger partial charge in [0.05, 0.1) is 0 Å². The molecule has 0 atom stereocenters. The van der Waals surface area contributed by atoms with Crippen LogP contribution in [0.15, 0.2) is 24.3 Å². The highest BCUT2D eigenvalue weighted by Crippen LogP contribution is 2.15. The van der Waals surface area contributed by atoms with E-state index in [1.807, 2.05) is 17.0 Å². The van der Waals surface area contributed by atoms with Gasteiger partial charge in [-0.2, -0.15) is 0 Å². The van der Waals surface area contributed by atoms with Crippen LogP contribution in [0.4, 0.5) is 0 Å².